The Balaban J connectivity index is 1.85. The molecule has 0 radical (unpaired) electrons. The Labute approximate surface area is 116 Å². The van der Waals surface area contributed by atoms with Gasteiger partial charge < -0.3 is 9.47 Å². The molecule has 2 aromatic heterocycles. The molecule has 0 saturated heterocycles. The fourth-order valence-electron chi connectivity index (χ4n) is 1.61. The number of pyridine rings is 1. The molecule has 0 bridgehead atoms. The molecule has 6 heteroatoms. The van der Waals surface area contributed by atoms with Crippen LogP contribution >= 0.6 is 11.6 Å². The van der Waals surface area contributed by atoms with Crippen molar-refractivity contribution >= 4 is 11.6 Å². The molecule has 0 spiro atoms. The van der Waals surface area contributed by atoms with E-state index in [1.54, 1.807) is 12.4 Å². The quantitative estimate of drug-likeness (QED) is 0.601. The number of rotatable bonds is 6. The third-order valence-electron chi connectivity index (χ3n) is 2.53. The van der Waals surface area contributed by atoms with Crippen LogP contribution in [0.15, 0.2) is 30.9 Å². The summed E-state index contributed by atoms with van der Waals surface area (Å²) in [7, 11) is 1.51. The predicted molar refractivity (Wildman–Crippen MR) is 71.6 cm³/mol. The van der Waals surface area contributed by atoms with Crippen LogP contribution in [0.2, 0.25) is 5.15 Å². The van der Waals surface area contributed by atoms with E-state index in [0.29, 0.717) is 18.2 Å². The van der Waals surface area contributed by atoms with Crippen molar-refractivity contribution in [1.82, 2.24) is 15.0 Å². The summed E-state index contributed by atoms with van der Waals surface area (Å²) in [5, 5.41) is 0.252. The van der Waals surface area contributed by atoms with E-state index < -0.39 is 0 Å². The lowest BCUT2D eigenvalue weighted by Gasteiger charge is -2.09. The van der Waals surface area contributed by atoms with Crippen molar-refractivity contribution in [3.8, 4) is 11.6 Å². The average molecular weight is 280 g/mol. The van der Waals surface area contributed by atoms with Crippen LogP contribution in [0.1, 0.15) is 12.0 Å². The van der Waals surface area contributed by atoms with E-state index in [0.717, 1.165) is 12.8 Å². The molecule has 0 atom stereocenters. The Morgan fingerprint density at radius 1 is 1.21 bits per heavy atom. The van der Waals surface area contributed by atoms with Crippen molar-refractivity contribution in [2.24, 2.45) is 0 Å². The summed E-state index contributed by atoms with van der Waals surface area (Å²) >= 11 is 5.88. The average Bonchev–Trinajstić information content (AvgIpc) is 2.45. The lowest BCUT2D eigenvalue weighted by atomic mass is 10.1. The molecule has 2 heterocycles. The van der Waals surface area contributed by atoms with Crippen LogP contribution in [0.3, 0.4) is 0 Å². The van der Waals surface area contributed by atoms with Gasteiger partial charge in [-0.2, -0.15) is 4.98 Å². The van der Waals surface area contributed by atoms with Crippen molar-refractivity contribution in [2.75, 3.05) is 13.7 Å². The van der Waals surface area contributed by atoms with Gasteiger partial charge in [-0.05, 0) is 30.5 Å². The lowest BCUT2D eigenvalue weighted by Crippen LogP contribution is -2.03. The molecule has 0 aliphatic carbocycles. The number of halogens is 1. The van der Waals surface area contributed by atoms with Crippen LogP contribution in [0.5, 0.6) is 11.6 Å². The predicted octanol–water partition coefficient (Wildman–Crippen LogP) is 2.55. The molecular formula is C13H14ClN3O2. The molecule has 0 unspecified atom stereocenters. The van der Waals surface area contributed by atoms with Crippen LogP contribution < -0.4 is 9.47 Å². The fourth-order valence-corrected chi connectivity index (χ4v) is 1.81. The first-order valence-corrected chi connectivity index (χ1v) is 6.25. The van der Waals surface area contributed by atoms with Gasteiger partial charge in [0.2, 0.25) is 5.75 Å². The zero-order chi connectivity index (χ0) is 13.5. The number of ether oxygens (including phenoxy) is 2. The Morgan fingerprint density at radius 3 is 2.74 bits per heavy atom. The van der Waals surface area contributed by atoms with Gasteiger partial charge >= 0.3 is 0 Å². The summed E-state index contributed by atoms with van der Waals surface area (Å²) < 4.78 is 10.7. The highest BCUT2D eigenvalue weighted by molar-refractivity contribution is 6.31. The van der Waals surface area contributed by atoms with Gasteiger partial charge in [0.25, 0.3) is 5.88 Å². The van der Waals surface area contributed by atoms with Gasteiger partial charge in [0.1, 0.15) is 6.33 Å². The van der Waals surface area contributed by atoms with E-state index in [9.17, 15) is 0 Å². The second-order valence-electron chi connectivity index (χ2n) is 3.81. The fraction of sp³-hybridized carbons (Fsp3) is 0.308. The van der Waals surface area contributed by atoms with Gasteiger partial charge in [-0.3, -0.25) is 4.98 Å². The van der Waals surface area contributed by atoms with Crippen LogP contribution in [0.25, 0.3) is 0 Å². The maximum atomic E-state index is 5.88. The van der Waals surface area contributed by atoms with E-state index >= 15 is 0 Å². The van der Waals surface area contributed by atoms with Gasteiger partial charge in [-0.25, -0.2) is 4.98 Å². The van der Waals surface area contributed by atoms with Gasteiger partial charge in [-0.1, -0.05) is 11.6 Å². The zero-order valence-electron chi connectivity index (χ0n) is 10.5. The Kier molecular flexibility index (Phi) is 4.92. The van der Waals surface area contributed by atoms with Crippen LogP contribution in [0, 0.1) is 0 Å². The highest BCUT2D eigenvalue weighted by Crippen LogP contribution is 2.30. The minimum atomic E-state index is 0.252. The normalized spacial score (nSPS) is 10.2. The number of aryl methyl sites for hydroxylation is 1. The number of hydrogen-bond acceptors (Lipinski definition) is 5. The first kappa shape index (κ1) is 13.5. The van der Waals surface area contributed by atoms with Crippen molar-refractivity contribution in [2.45, 2.75) is 12.8 Å². The monoisotopic (exact) mass is 279 g/mol. The van der Waals surface area contributed by atoms with Gasteiger partial charge in [0.15, 0.2) is 5.15 Å². The van der Waals surface area contributed by atoms with Crippen LogP contribution in [-0.2, 0) is 6.42 Å². The van der Waals surface area contributed by atoms with Crippen LogP contribution in [-0.4, -0.2) is 28.7 Å². The SMILES string of the molecule is COc1c(Cl)ncnc1OCCCc1ccncc1. The number of methoxy groups -OCH3 is 1. The van der Waals surface area contributed by atoms with E-state index in [-0.39, 0.29) is 5.15 Å². The van der Waals surface area contributed by atoms with Gasteiger partial charge in [0.05, 0.1) is 13.7 Å². The molecule has 0 aliphatic rings. The van der Waals surface area contributed by atoms with Crippen molar-refractivity contribution in [1.29, 1.82) is 0 Å². The topological polar surface area (TPSA) is 57.1 Å². The number of nitrogens with zero attached hydrogens (tertiary/aromatic N) is 3. The molecule has 0 fully saturated rings. The molecule has 0 saturated carbocycles. The van der Waals surface area contributed by atoms with E-state index in [1.165, 1.54) is 19.0 Å². The third-order valence-corrected chi connectivity index (χ3v) is 2.80. The zero-order valence-corrected chi connectivity index (χ0v) is 11.3. The Hall–Kier alpha value is -1.88. The molecule has 0 amide bonds. The van der Waals surface area contributed by atoms with Gasteiger partial charge in [0, 0.05) is 12.4 Å². The lowest BCUT2D eigenvalue weighted by molar-refractivity contribution is 0.277. The smallest absolute Gasteiger partial charge is 0.261 e. The second-order valence-corrected chi connectivity index (χ2v) is 4.17. The largest absolute Gasteiger partial charge is 0.489 e. The summed E-state index contributed by atoms with van der Waals surface area (Å²) in [4.78, 5) is 11.8. The van der Waals surface area contributed by atoms with Crippen molar-refractivity contribution in [3.63, 3.8) is 0 Å². The van der Waals surface area contributed by atoms with Gasteiger partial charge in [-0.15, -0.1) is 0 Å². The Bertz CT molecular complexity index is 523. The standard InChI is InChI=1S/C13H14ClN3O2/c1-18-11-12(14)16-9-17-13(11)19-8-2-3-10-4-6-15-7-5-10/h4-7,9H,2-3,8H2,1H3. The minimum Gasteiger partial charge on any atom is -0.489 e. The molecule has 2 rings (SSSR count). The minimum absolute atomic E-state index is 0.252. The second kappa shape index (κ2) is 6.89. The summed E-state index contributed by atoms with van der Waals surface area (Å²) in [6.07, 6.45) is 6.70. The molecule has 5 nitrogen and oxygen atoms in total. The third kappa shape index (κ3) is 3.79. The molecule has 19 heavy (non-hydrogen) atoms. The first-order valence-electron chi connectivity index (χ1n) is 5.87. The molecule has 100 valence electrons. The summed E-state index contributed by atoms with van der Waals surface area (Å²) in [6.45, 7) is 0.534. The molecule has 2 aromatic rings. The van der Waals surface area contributed by atoms with E-state index in [2.05, 4.69) is 15.0 Å². The van der Waals surface area contributed by atoms with Crippen LogP contribution in [0.4, 0.5) is 0 Å². The summed E-state index contributed by atoms with van der Waals surface area (Å²) in [5.41, 5.74) is 1.23. The highest BCUT2D eigenvalue weighted by atomic mass is 35.5. The molecule has 0 aromatic carbocycles. The Morgan fingerprint density at radius 2 is 2.00 bits per heavy atom. The molecule has 0 N–H and O–H groups in total. The first-order chi connectivity index (χ1) is 9.31. The van der Waals surface area contributed by atoms with Crippen molar-refractivity contribution in [3.05, 3.63) is 41.6 Å². The summed E-state index contributed by atoms with van der Waals surface area (Å²) in [6, 6.07) is 3.98. The number of hydrogen-bond donors (Lipinski definition) is 0. The van der Waals surface area contributed by atoms with E-state index in [4.69, 9.17) is 21.1 Å². The van der Waals surface area contributed by atoms with Crippen molar-refractivity contribution < 1.29 is 9.47 Å². The number of aromatic nitrogens is 3. The molecular weight excluding hydrogens is 266 g/mol. The molecule has 0 aliphatic heterocycles. The maximum absolute atomic E-state index is 5.88. The highest BCUT2D eigenvalue weighted by Gasteiger charge is 2.11. The maximum Gasteiger partial charge on any atom is 0.261 e. The summed E-state index contributed by atoms with van der Waals surface area (Å²) in [5.74, 6) is 0.741. The van der Waals surface area contributed by atoms with E-state index in [1.807, 2.05) is 12.1 Å².